The van der Waals surface area contributed by atoms with E-state index >= 15 is 0 Å². The van der Waals surface area contributed by atoms with Crippen LogP contribution < -0.4 is 4.90 Å². The average molecular weight is 853 g/mol. The molecule has 10 aromatic rings. The van der Waals surface area contributed by atoms with E-state index in [0.29, 0.717) is 17.6 Å². The number of nitrogens with zero attached hydrogens (tertiary/aromatic N) is 4. The highest BCUT2D eigenvalue weighted by molar-refractivity contribution is 6.05. The third-order valence-electron chi connectivity index (χ3n) is 12.9. The quantitative estimate of drug-likeness (QED) is 0.129. The predicted molar refractivity (Wildman–Crippen MR) is 276 cm³/mol. The average Bonchev–Trinajstić information content (AvgIpc) is 3.34. The van der Waals surface area contributed by atoms with Gasteiger partial charge in [-0.05, 0) is 126 Å². The minimum Gasteiger partial charge on any atom is -0.278 e. The number of anilines is 3. The molecule has 0 amide bonds. The van der Waals surface area contributed by atoms with Gasteiger partial charge in [-0.25, -0.2) is 4.98 Å². The molecule has 0 fully saturated rings. The number of rotatable bonds is 10. The third kappa shape index (κ3) is 8.07. The number of benzene rings is 9. The van der Waals surface area contributed by atoms with Gasteiger partial charge in [-0.3, -0.25) is 4.90 Å². The summed E-state index contributed by atoms with van der Waals surface area (Å²) < 4.78 is 0. The predicted octanol–water partition coefficient (Wildman–Crippen LogP) is 16.2. The number of hydrogen-bond donors (Lipinski definition) is 0. The lowest BCUT2D eigenvalue weighted by Crippen LogP contribution is -2.17. The molecular formula is C62H52N4. The zero-order valence-corrected chi connectivity index (χ0v) is 38.4. The molecule has 0 unspecified atom stereocenters. The van der Waals surface area contributed by atoms with Crippen molar-refractivity contribution in [3.8, 4) is 45.0 Å². The molecule has 9 aromatic carbocycles. The van der Waals surface area contributed by atoms with Gasteiger partial charge in [-0.2, -0.15) is 9.97 Å². The summed E-state index contributed by atoms with van der Waals surface area (Å²) in [4.78, 5) is 18.4. The summed E-state index contributed by atoms with van der Waals surface area (Å²) in [6.07, 6.45) is 0. The van der Waals surface area contributed by atoms with Crippen molar-refractivity contribution in [2.45, 2.75) is 47.5 Å². The van der Waals surface area contributed by atoms with E-state index in [-0.39, 0.29) is 5.92 Å². The van der Waals surface area contributed by atoms with Gasteiger partial charge in [0.05, 0.1) is 5.69 Å². The Morgan fingerprint density at radius 3 is 1.47 bits per heavy atom. The Labute approximate surface area is 389 Å². The maximum Gasteiger partial charge on any atom is 0.238 e. The van der Waals surface area contributed by atoms with Crippen LogP contribution in [0.5, 0.6) is 0 Å². The monoisotopic (exact) mass is 852 g/mol. The Hall–Kier alpha value is -7.95. The van der Waals surface area contributed by atoms with Crippen LogP contribution >= 0.6 is 0 Å². The molecule has 4 heteroatoms. The van der Waals surface area contributed by atoms with Gasteiger partial charge in [0.25, 0.3) is 0 Å². The van der Waals surface area contributed by atoms with E-state index < -0.39 is 0 Å². The molecule has 0 aliphatic rings. The van der Waals surface area contributed by atoms with Crippen LogP contribution in [0.1, 0.15) is 56.0 Å². The van der Waals surface area contributed by atoms with E-state index in [0.717, 1.165) is 55.5 Å². The normalized spacial score (nSPS) is 11.3. The van der Waals surface area contributed by atoms with Gasteiger partial charge in [-0.15, -0.1) is 0 Å². The summed E-state index contributed by atoms with van der Waals surface area (Å²) in [7, 11) is 0. The SMILES string of the molecule is Cc1cc(C)c(C(c2ccc(N(c3nc(-c4ccccc4)nc(-c4ccccc4-c4ccccc4)n3)c3ccc4ccccc4c3-c3ccccc3)cc2)c2c(C)cc(C)cc2C)c(C)c1. The number of aromatic nitrogens is 3. The van der Waals surface area contributed by atoms with Crippen LogP contribution in [0.15, 0.2) is 200 Å². The van der Waals surface area contributed by atoms with Gasteiger partial charge in [0.2, 0.25) is 5.95 Å². The van der Waals surface area contributed by atoms with Crippen molar-refractivity contribution in [2.75, 3.05) is 4.90 Å². The van der Waals surface area contributed by atoms with Crippen molar-refractivity contribution < 1.29 is 0 Å². The Bertz CT molecular complexity index is 3260. The molecule has 1 aromatic heterocycles. The molecule has 0 spiro atoms. The van der Waals surface area contributed by atoms with Gasteiger partial charge < -0.3 is 0 Å². The maximum atomic E-state index is 5.50. The minimum absolute atomic E-state index is 0.0252. The first-order valence-corrected chi connectivity index (χ1v) is 22.8. The van der Waals surface area contributed by atoms with Gasteiger partial charge >= 0.3 is 0 Å². The molecule has 0 radical (unpaired) electrons. The van der Waals surface area contributed by atoms with Crippen molar-refractivity contribution in [1.82, 2.24) is 15.0 Å². The molecule has 0 aliphatic carbocycles. The fourth-order valence-corrected chi connectivity index (χ4v) is 10.2. The van der Waals surface area contributed by atoms with Crippen LogP contribution in [0.25, 0.3) is 55.8 Å². The zero-order valence-electron chi connectivity index (χ0n) is 38.4. The zero-order chi connectivity index (χ0) is 45.3. The highest BCUT2D eigenvalue weighted by Gasteiger charge is 2.28. The van der Waals surface area contributed by atoms with Crippen molar-refractivity contribution in [1.29, 1.82) is 0 Å². The van der Waals surface area contributed by atoms with Crippen molar-refractivity contribution in [2.24, 2.45) is 0 Å². The van der Waals surface area contributed by atoms with Crippen LogP contribution in [0, 0.1) is 41.5 Å². The molecule has 1 heterocycles. The summed E-state index contributed by atoms with van der Waals surface area (Å²) >= 11 is 0. The molecule has 0 N–H and O–H groups in total. The second kappa shape index (κ2) is 17.9. The molecule has 0 atom stereocenters. The summed E-state index contributed by atoms with van der Waals surface area (Å²) in [5, 5.41) is 2.30. The number of hydrogen-bond acceptors (Lipinski definition) is 4. The van der Waals surface area contributed by atoms with Crippen LogP contribution in [-0.4, -0.2) is 15.0 Å². The van der Waals surface area contributed by atoms with E-state index in [1.807, 2.05) is 24.3 Å². The molecule has 66 heavy (non-hydrogen) atoms. The fourth-order valence-electron chi connectivity index (χ4n) is 10.2. The van der Waals surface area contributed by atoms with E-state index in [4.69, 9.17) is 15.0 Å². The lowest BCUT2D eigenvalue weighted by Gasteiger charge is -2.29. The van der Waals surface area contributed by atoms with Gasteiger partial charge in [0.1, 0.15) is 0 Å². The van der Waals surface area contributed by atoms with Crippen molar-refractivity contribution in [3.05, 3.63) is 250 Å². The first-order valence-electron chi connectivity index (χ1n) is 22.8. The van der Waals surface area contributed by atoms with E-state index in [1.165, 1.54) is 50.1 Å². The minimum atomic E-state index is 0.0252. The topological polar surface area (TPSA) is 41.9 Å². The molecule has 0 saturated carbocycles. The second-order valence-corrected chi connectivity index (χ2v) is 17.6. The first kappa shape index (κ1) is 42.0. The van der Waals surface area contributed by atoms with Crippen molar-refractivity contribution >= 4 is 28.1 Å². The molecule has 0 saturated heterocycles. The van der Waals surface area contributed by atoms with Crippen molar-refractivity contribution in [3.63, 3.8) is 0 Å². The molecule has 0 aliphatic heterocycles. The molecule has 0 bridgehead atoms. The number of aryl methyl sites for hydroxylation is 6. The smallest absolute Gasteiger partial charge is 0.238 e. The van der Waals surface area contributed by atoms with Crippen LogP contribution in [0.3, 0.4) is 0 Å². The Morgan fingerprint density at radius 1 is 0.394 bits per heavy atom. The fraction of sp³-hybridized carbons (Fsp3) is 0.113. The highest BCUT2D eigenvalue weighted by atomic mass is 15.3. The van der Waals surface area contributed by atoms with Crippen LogP contribution in [0.4, 0.5) is 17.3 Å². The molecule has 320 valence electrons. The van der Waals surface area contributed by atoms with E-state index in [1.54, 1.807) is 0 Å². The Balaban J connectivity index is 1.25. The summed E-state index contributed by atoms with van der Waals surface area (Å²) in [6.45, 7) is 13.4. The van der Waals surface area contributed by atoms with E-state index in [9.17, 15) is 0 Å². The Kier molecular flexibility index (Phi) is 11.4. The standard InChI is InChI=1S/C62H52N4/c1-40-36-42(3)56(43(4)37-40)59(57-44(5)38-41(2)39-45(57)6)49-30-33-51(34-31-49)66(55-35-32-47-22-16-17-28-53(47)58(55)48-23-12-8-13-24-48)62-64-60(50-25-14-9-15-26-50)63-61(65-62)54-29-19-18-27-52(54)46-20-10-7-11-21-46/h7-39,59H,1-6H3. The third-order valence-corrected chi connectivity index (χ3v) is 12.9. The Morgan fingerprint density at radius 2 is 0.879 bits per heavy atom. The number of fused-ring (bicyclic) bond motifs is 1. The molecule has 4 nitrogen and oxygen atoms in total. The highest BCUT2D eigenvalue weighted by Crippen LogP contribution is 2.46. The van der Waals surface area contributed by atoms with Crippen LogP contribution in [0.2, 0.25) is 0 Å². The lowest BCUT2D eigenvalue weighted by atomic mass is 9.77. The van der Waals surface area contributed by atoms with E-state index in [2.05, 4.69) is 222 Å². The largest absolute Gasteiger partial charge is 0.278 e. The summed E-state index contributed by atoms with van der Waals surface area (Å²) in [6, 6.07) is 71.3. The van der Waals surface area contributed by atoms with Gasteiger partial charge in [0, 0.05) is 28.3 Å². The van der Waals surface area contributed by atoms with Gasteiger partial charge in [0.15, 0.2) is 11.6 Å². The maximum absolute atomic E-state index is 5.50. The summed E-state index contributed by atoms with van der Waals surface area (Å²) in [5.41, 5.74) is 19.8. The van der Waals surface area contributed by atoms with Gasteiger partial charge in [-0.1, -0.05) is 193 Å². The van der Waals surface area contributed by atoms with Crippen LogP contribution in [-0.2, 0) is 0 Å². The molecule has 10 rings (SSSR count). The second-order valence-electron chi connectivity index (χ2n) is 17.6. The first-order chi connectivity index (χ1) is 32.2. The molecular weight excluding hydrogens is 801 g/mol. The lowest BCUT2D eigenvalue weighted by molar-refractivity contribution is 0.919. The summed E-state index contributed by atoms with van der Waals surface area (Å²) in [5.74, 6) is 1.74.